The highest BCUT2D eigenvalue weighted by Gasteiger charge is 2.24. The Bertz CT molecular complexity index is 517. The van der Waals surface area contributed by atoms with E-state index in [1.165, 1.54) is 0 Å². The molecule has 0 spiro atoms. The number of rotatable bonds is 7. The molecule has 0 radical (unpaired) electrons. The van der Waals surface area contributed by atoms with E-state index >= 15 is 0 Å². The van der Waals surface area contributed by atoms with Crippen molar-refractivity contribution < 1.29 is 4.74 Å². The van der Waals surface area contributed by atoms with Gasteiger partial charge in [-0.15, -0.1) is 0 Å². The van der Waals surface area contributed by atoms with Gasteiger partial charge in [0.05, 0.1) is 25.8 Å². The van der Waals surface area contributed by atoms with Crippen LogP contribution in [-0.4, -0.2) is 56.8 Å². The van der Waals surface area contributed by atoms with E-state index in [9.17, 15) is 0 Å². The minimum Gasteiger partial charge on any atom is -0.379 e. The fourth-order valence-electron chi connectivity index (χ4n) is 2.81. The van der Waals surface area contributed by atoms with Crippen molar-refractivity contribution in [3.63, 3.8) is 0 Å². The number of hydrogen-bond acceptors (Lipinski definition) is 3. The summed E-state index contributed by atoms with van der Waals surface area (Å²) in [6.07, 6.45) is 1.07. The van der Waals surface area contributed by atoms with E-state index in [1.807, 2.05) is 18.2 Å². The first-order valence-electron chi connectivity index (χ1n) is 8.84. The van der Waals surface area contributed by atoms with Crippen molar-refractivity contribution in [2.24, 2.45) is 4.99 Å². The summed E-state index contributed by atoms with van der Waals surface area (Å²) in [5, 5.41) is 7.46. The van der Waals surface area contributed by atoms with E-state index in [2.05, 4.69) is 35.4 Å². The van der Waals surface area contributed by atoms with Gasteiger partial charge in [0, 0.05) is 31.2 Å². The average molecular weight is 353 g/mol. The predicted molar refractivity (Wildman–Crippen MR) is 101 cm³/mol. The van der Waals surface area contributed by atoms with Gasteiger partial charge in [-0.25, -0.2) is 0 Å². The van der Waals surface area contributed by atoms with E-state index in [1.54, 1.807) is 0 Å². The number of morpholine rings is 1. The lowest BCUT2D eigenvalue weighted by Gasteiger charge is -2.34. The summed E-state index contributed by atoms with van der Waals surface area (Å²) in [6.45, 7) is 10.0. The first-order valence-corrected chi connectivity index (χ1v) is 9.22. The number of nitrogens with zero attached hydrogens (tertiary/aromatic N) is 2. The zero-order valence-corrected chi connectivity index (χ0v) is 15.5. The molecule has 134 valence electrons. The van der Waals surface area contributed by atoms with Crippen LogP contribution in [0, 0.1) is 0 Å². The van der Waals surface area contributed by atoms with E-state index in [4.69, 9.17) is 21.3 Å². The number of aliphatic imine (C=N–C) groups is 1. The highest BCUT2D eigenvalue weighted by Crippen LogP contribution is 2.28. The zero-order chi connectivity index (χ0) is 17.2. The van der Waals surface area contributed by atoms with E-state index < -0.39 is 0 Å². The summed E-state index contributed by atoms with van der Waals surface area (Å²) in [5.74, 6) is 0.865. The summed E-state index contributed by atoms with van der Waals surface area (Å²) in [7, 11) is 0. The van der Waals surface area contributed by atoms with Crippen molar-refractivity contribution >= 4 is 17.6 Å². The molecule has 0 saturated carbocycles. The van der Waals surface area contributed by atoms with Gasteiger partial charge in [-0.3, -0.25) is 9.89 Å². The van der Waals surface area contributed by atoms with Crippen LogP contribution in [0.25, 0.3) is 0 Å². The van der Waals surface area contributed by atoms with Gasteiger partial charge in [0.25, 0.3) is 0 Å². The van der Waals surface area contributed by atoms with Crippen molar-refractivity contribution in [1.82, 2.24) is 15.5 Å². The minimum atomic E-state index is 0.166. The molecule has 1 heterocycles. The van der Waals surface area contributed by atoms with Crippen molar-refractivity contribution in [1.29, 1.82) is 0 Å². The fourth-order valence-corrected chi connectivity index (χ4v) is 3.07. The van der Waals surface area contributed by atoms with Crippen molar-refractivity contribution in [2.45, 2.75) is 26.3 Å². The first-order chi connectivity index (χ1) is 11.8. The molecule has 1 aliphatic heterocycles. The van der Waals surface area contributed by atoms with Crippen LogP contribution >= 0.6 is 11.6 Å². The molecule has 2 rings (SSSR count). The first kappa shape index (κ1) is 19.0. The summed E-state index contributed by atoms with van der Waals surface area (Å²) < 4.78 is 5.50. The van der Waals surface area contributed by atoms with Crippen molar-refractivity contribution in [3.05, 3.63) is 34.9 Å². The second-order valence-corrected chi connectivity index (χ2v) is 6.24. The molecule has 1 aromatic carbocycles. The molecule has 0 bridgehead atoms. The Morgan fingerprint density at radius 2 is 2.00 bits per heavy atom. The van der Waals surface area contributed by atoms with E-state index in [-0.39, 0.29) is 6.04 Å². The summed E-state index contributed by atoms with van der Waals surface area (Å²) in [6, 6.07) is 8.23. The van der Waals surface area contributed by atoms with E-state index in [0.29, 0.717) is 6.54 Å². The third-order valence-corrected chi connectivity index (χ3v) is 4.40. The molecule has 1 unspecified atom stereocenters. The predicted octanol–water partition coefficient (Wildman–Crippen LogP) is 2.68. The van der Waals surface area contributed by atoms with Crippen molar-refractivity contribution in [2.75, 3.05) is 45.9 Å². The molecule has 0 amide bonds. The largest absolute Gasteiger partial charge is 0.379 e. The van der Waals surface area contributed by atoms with Crippen LogP contribution < -0.4 is 10.6 Å². The van der Waals surface area contributed by atoms with Gasteiger partial charge in [0.1, 0.15) is 0 Å². The van der Waals surface area contributed by atoms with Gasteiger partial charge < -0.3 is 15.4 Å². The minimum absolute atomic E-state index is 0.166. The lowest BCUT2D eigenvalue weighted by atomic mass is 10.0. The van der Waals surface area contributed by atoms with Gasteiger partial charge in [0.2, 0.25) is 0 Å². The summed E-state index contributed by atoms with van der Waals surface area (Å²) in [4.78, 5) is 7.21. The van der Waals surface area contributed by atoms with Gasteiger partial charge in [-0.2, -0.15) is 0 Å². The van der Waals surface area contributed by atoms with Crippen LogP contribution in [0.2, 0.25) is 5.02 Å². The van der Waals surface area contributed by atoms with E-state index in [0.717, 1.165) is 62.4 Å². The number of ether oxygens (including phenoxy) is 1. The maximum atomic E-state index is 6.46. The summed E-state index contributed by atoms with van der Waals surface area (Å²) >= 11 is 6.46. The van der Waals surface area contributed by atoms with Crippen molar-refractivity contribution in [3.8, 4) is 0 Å². The van der Waals surface area contributed by atoms with Crippen LogP contribution in [-0.2, 0) is 4.74 Å². The number of benzene rings is 1. The molecule has 2 N–H and O–H groups in total. The molecule has 0 aromatic heterocycles. The topological polar surface area (TPSA) is 48.9 Å². The third kappa shape index (κ3) is 5.65. The van der Waals surface area contributed by atoms with Gasteiger partial charge in [-0.05, 0) is 25.0 Å². The normalized spacial score (nSPS) is 17.5. The quantitative estimate of drug-likeness (QED) is 0.585. The van der Waals surface area contributed by atoms with Gasteiger partial charge in [0.15, 0.2) is 5.96 Å². The molecule has 24 heavy (non-hydrogen) atoms. The highest BCUT2D eigenvalue weighted by atomic mass is 35.5. The Kier molecular flexibility index (Phi) is 8.36. The SMILES string of the molecule is CCCNC(=NCC(c1ccccc1Cl)N1CCOCC1)NCC. The number of halogens is 1. The van der Waals surface area contributed by atoms with Gasteiger partial charge >= 0.3 is 0 Å². The third-order valence-electron chi connectivity index (χ3n) is 4.06. The van der Waals surface area contributed by atoms with Crippen LogP contribution in [0.3, 0.4) is 0 Å². The molecule has 6 heteroatoms. The average Bonchev–Trinajstić information content (AvgIpc) is 2.62. The standard InChI is InChI=1S/C18H29ClN4O/c1-3-9-21-18(20-4-2)22-14-17(23-10-12-24-13-11-23)15-7-5-6-8-16(15)19/h5-8,17H,3-4,9-14H2,1-2H3,(H2,20,21,22). The Labute approximate surface area is 150 Å². The van der Waals surface area contributed by atoms with Crippen LogP contribution in [0.4, 0.5) is 0 Å². The summed E-state index contributed by atoms with van der Waals surface area (Å²) in [5.41, 5.74) is 1.14. The Balaban J connectivity index is 2.17. The molecule has 1 atom stereocenters. The fraction of sp³-hybridized carbons (Fsp3) is 0.611. The Morgan fingerprint density at radius 1 is 1.25 bits per heavy atom. The molecular formula is C18H29ClN4O. The number of hydrogen-bond donors (Lipinski definition) is 2. The lowest BCUT2D eigenvalue weighted by molar-refractivity contribution is 0.0180. The molecule has 1 aromatic rings. The number of nitrogens with one attached hydrogen (secondary N) is 2. The lowest BCUT2D eigenvalue weighted by Crippen LogP contribution is -2.42. The number of guanidine groups is 1. The molecular weight excluding hydrogens is 324 g/mol. The molecule has 1 aliphatic rings. The zero-order valence-electron chi connectivity index (χ0n) is 14.7. The Morgan fingerprint density at radius 3 is 2.67 bits per heavy atom. The molecule has 0 aliphatic carbocycles. The maximum absolute atomic E-state index is 6.46. The molecule has 1 fully saturated rings. The smallest absolute Gasteiger partial charge is 0.191 e. The van der Waals surface area contributed by atoms with Crippen LogP contribution in [0.5, 0.6) is 0 Å². The monoisotopic (exact) mass is 352 g/mol. The highest BCUT2D eigenvalue weighted by molar-refractivity contribution is 6.31. The Hall–Kier alpha value is -1.30. The van der Waals surface area contributed by atoms with Crippen LogP contribution in [0.15, 0.2) is 29.3 Å². The maximum Gasteiger partial charge on any atom is 0.191 e. The second kappa shape index (κ2) is 10.5. The van der Waals surface area contributed by atoms with Crippen LogP contribution in [0.1, 0.15) is 31.9 Å². The molecule has 5 nitrogen and oxygen atoms in total. The molecule has 1 saturated heterocycles. The second-order valence-electron chi connectivity index (χ2n) is 5.83. The van der Waals surface area contributed by atoms with Gasteiger partial charge in [-0.1, -0.05) is 36.7 Å².